The van der Waals surface area contributed by atoms with Crippen LogP contribution in [0.3, 0.4) is 0 Å². The van der Waals surface area contributed by atoms with E-state index in [1.165, 1.54) is 30.5 Å². The Bertz CT molecular complexity index is 589. The van der Waals surface area contributed by atoms with Crippen LogP contribution in [0.2, 0.25) is 0 Å². The molecule has 96 valence electrons. The zero-order valence-electron chi connectivity index (χ0n) is 10.1. The Morgan fingerprint density at radius 2 is 1.74 bits per heavy atom. The highest BCUT2D eigenvalue weighted by Crippen LogP contribution is 2.09. The number of rotatable bonds is 3. The van der Waals surface area contributed by atoms with Gasteiger partial charge < -0.3 is 10.8 Å². The lowest BCUT2D eigenvalue weighted by atomic mass is 10.2. The number of phenols is 1. The predicted octanol–water partition coefficient (Wildman–Crippen LogP) is 1.74. The molecule has 0 saturated heterocycles. The molecule has 0 aliphatic carbocycles. The minimum atomic E-state index is -0.341. The van der Waals surface area contributed by atoms with Crippen molar-refractivity contribution in [1.29, 1.82) is 0 Å². The fourth-order valence-electron chi connectivity index (χ4n) is 1.42. The minimum Gasteiger partial charge on any atom is -0.508 e. The van der Waals surface area contributed by atoms with Crippen molar-refractivity contribution in [3.05, 3.63) is 59.7 Å². The summed E-state index contributed by atoms with van der Waals surface area (Å²) in [7, 11) is 0. The van der Waals surface area contributed by atoms with Crippen LogP contribution in [-0.2, 0) is 0 Å². The van der Waals surface area contributed by atoms with Crippen molar-refractivity contribution in [3.63, 3.8) is 0 Å². The molecule has 0 bridgehead atoms. The van der Waals surface area contributed by atoms with E-state index in [9.17, 15) is 4.79 Å². The average Bonchev–Trinajstić information content (AvgIpc) is 2.41. The highest BCUT2D eigenvalue weighted by Gasteiger charge is 2.02. The van der Waals surface area contributed by atoms with Gasteiger partial charge in [-0.05, 0) is 42.0 Å². The SMILES string of the molecule is Nc1ccc(C=NNC(=O)c2ccc(O)cc2)cc1. The molecule has 1 amide bonds. The van der Waals surface area contributed by atoms with Gasteiger partial charge in [0.1, 0.15) is 5.75 Å². The number of aromatic hydroxyl groups is 1. The summed E-state index contributed by atoms with van der Waals surface area (Å²) in [5, 5.41) is 13.0. The number of hydrazone groups is 1. The number of nitrogens with two attached hydrogens (primary N) is 1. The number of carbonyl (C=O) groups excluding carboxylic acids is 1. The van der Waals surface area contributed by atoms with Crippen molar-refractivity contribution >= 4 is 17.8 Å². The second kappa shape index (κ2) is 5.68. The van der Waals surface area contributed by atoms with Gasteiger partial charge in [0.15, 0.2) is 0 Å². The summed E-state index contributed by atoms with van der Waals surface area (Å²) in [5.41, 5.74) is 9.88. The van der Waals surface area contributed by atoms with E-state index < -0.39 is 0 Å². The van der Waals surface area contributed by atoms with Gasteiger partial charge in [-0.15, -0.1) is 0 Å². The molecule has 0 heterocycles. The molecule has 0 atom stereocenters. The molecule has 2 aromatic rings. The maximum Gasteiger partial charge on any atom is 0.271 e. The number of carbonyl (C=O) groups is 1. The fraction of sp³-hybridized carbons (Fsp3) is 0. The molecule has 4 N–H and O–H groups in total. The molecule has 0 aromatic heterocycles. The number of anilines is 1. The monoisotopic (exact) mass is 255 g/mol. The van der Waals surface area contributed by atoms with Crippen LogP contribution < -0.4 is 11.2 Å². The van der Waals surface area contributed by atoms with Crippen LogP contribution in [0.4, 0.5) is 5.69 Å². The van der Waals surface area contributed by atoms with E-state index in [1.54, 1.807) is 24.3 Å². The van der Waals surface area contributed by atoms with Crippen LogP contribution in [0.25, 0.3) is 0 Å². The first-order chi connectivity index (χ1) is 9.15. The average molecular weight is 255 g/mol. The van der Waals surface area contributed by atoms with E-state index in [0.29, 0.717) is 11.3 Å². The molecule has 0 fully saturated rings. The van der Waals surface area contributed by atoms with E-state index in [2.05, 4.69) is 10.5 Å². The Morgan fingerprint density at radius 3 is 2.37 bits per heavy atom. The maximum absolute atomic E-state index is 11.7. The summed E-state index contributed by atoms with van der Waals surface area (Å²) in [4.78, 5) is 11.7. The van der Waals surface area contributed by atoms with E-state index in [4.69, 9.17) is 10.8 Å². The largest absolute Gasteiger partial charge is 0.508 e. The van der Waals surface area contributed by atoms with Gasteiger partial charge in [-0.25, -0.2) is 5.43 Å². The number of amides is 1. The number of nitrogen functional groups attached to an aromatic ring is 1. The van der Waals surface area contributed by atoms with Crippen LogP contribution in [0, 0.1) is 0 Å². The number of nitrogens with one attached hydrogen (secondary N) is 1. The smallest absolute Gasteiger partial charge is 0.271 e. The number of benzene rings is 2. The third kappa shape index (κ3) is 3.57. The van der Waals surface area contributed by atoms with E-state index in [1.807, 2.05) is 0 Å². The molecule has 0 radical (unpaired) electrons. The van der Waals surface area contributed by atoms with Gasteiger partial charge in [-0.1, -0.05) is 12.1 Å². The first kappa shape index (κ1) is 12.6. The summed E-state index contributed by atoms with van der Waals surface area (Å²) in [5.74, 6) is -0.228. The van der Waals surface area contributed by atoms with Crippen molar-refractivity contribution in [3.8, 4) is 5.75 Å². The Labute approximate surface area is 110 Å². The molecule has 0 saturated carbocycles. The number of hydrogen-bond acceptors (Lipinski definition) is 4. The quantitative estimate of drug-likeness (QED) is 0.443. The van der Waals surface area contributed by atoms with Crippen LogP contribution in [0.5, 0.6) is 5.75 Å². The molecule has 0 unspecified atom stereocenters. The van der Waals surface area contributed by atoms with E-state index in [-0.39, 0.29) is 11.7 Å². The van der Waals surface area contributed by atoms with Gasteiger partial charge in [0.2, 0.25) is 0 Å². The van der Waals surface area contributed by atoms with Crippen molar-refractivity contribution in [1.82, 2.24) is 5.43 Å². The van der Waals surface area contributed by atoms with Crippen LogP contribution >= 0.6 is 0 Å². The van der Waals surface area contributed by atoms with Gasteiger partial charge in [-0.3, -0.25) is 4.79 Å². The zero-order valence-corrected chi connectivity index (χ0v) is 10.1. The maximum atomic E-state index is 11.7. The third-order valence-corrected chi connectivity index (χ3v) is 2.45. The van der Waals surface area contributed by atoms with Crippen molar-refractivity contribution in [2.45, 2.75) is 0 Å². The molecule has 2 rings (SSSR count). The molecule has 0 spiro atoms. The summed E-state index contributed by atoms with van der Waals surface area (Å²) < 4.78 is 0. The Hall–Kier alpha value is -2.82. The van der Waals surface area contributed by atoms with E-state index in [0.717, 1.165) is 5.56 Å². The first-order valence-corrected chi connectivity index (χ1v) is 5.63. The summed E-state index contributed by atoms with van der Waals surface area (Å²) in [6, 6.07) is 13.0. The third-order valence-electron chi connectivity index (χ3n) is 2.45. The molecule has 5 heteroatoms. The molecule has 5 nitrogen and oxygen atoms in total. The van der Waals surface area contributed by atoms with Crippen molar-refractivity contribution in [2.75, 3.05) is 5.73 Å². The van der Waals surface area contributed by atoms with Crippen LogP contribution in [-0.4, -0.2) is 17.2 Å². The first-order valence-electron chi connectivity index (χ1n) is 5.63. The van der Waals surface area contributed by atoms with Crippen molar-refractivity contribution < 1.29 is 9.90 Å². The van der Waals surface area contributed by atoms with Crippen LogP contribution in [0.1, 0.15) is 15.9 Å². The Balaban J connectivity index is 1.96. The summed E-state index contributed by atoms with van der Waals surface area (Å²) in [6.45, 7) is 0. The minimum absolute atomic E-state index is 0.113. The highest BCUT2D eigenvalue weighted by atomic mass is 16.3. The molecule has 0 aliphatic heterocycles. The fourth-order valence-corrected chi connectivity index (χ4v) is 1.42. The predicted molar refractivity (Wildman–Crippen MR) is 74.0 cm³/mol. The number of phenolic OH excluding ortho intramolecular Hbond substituents is 1. The lowest BCUT2D eigenvalue weighted by molar-refractivity contribution is 0.0955. The Kier molecular flexibility index (Phi) is 3.78. The van der Waals surface area contributed by atoms with Gasteiger partial charge in [0.05, 0.1) is 6.21 Å². The topological polar surface area (TPSA) is 87.7 Å². The molecular formula is C14H13N3O2. The van der Waals surface area contributed by atoms with Crippen LogP contribution in [0.15, 0.2) is 53.6 Å². The normalized spacial score (nSPS) is 10.5. The second-order valence-electron chi connectivity index (χ2n) is 3.91. The second-order valence-corrected chi connectivity index (χ2v) is 3.91. The van der Waals surface area contributed by atoms with E-state index >= 15 is 0 Å². The zero-order chi connectivity index (χ0) is 13.7. The molecule has 2 aromatic carbocycles. The van der Waals surface area contributed by atoms with Gasteiger partial charge >= 0.3 is 0 Å². The summed E-state index contributed by atoms with van der Waals surface area (Å²) in [6.07, 6.45) is 1.53. The van der Waals surface area contributed by atoms with Gasteiger partial charge in [0.25, 0.3) is 5.91 Å². The molecular weight excluding hydrogens is 242 g/mol. The lowest BCUT2D eigenvalue weighted by Gasteiger charge is -2.00. The molecule has 0 aliphatic rings. The number of hydrogen-bond donors (Lipinski definition) is 3. The van der Waals surface area contributed by atoms with Gasteiger partial charge in [-0.2, -0.15) is 5.10 Å². The standard InChI is InChI=1S/C14H13N3O2/c15-12-5-1-10(2-6-12)9-16-17-14(19)11-3-7-13(18)8-4-11/h1-9,18H,15H2,(H,17,19). The number of nitrogens with zero attached hydrogens (tertiary/aromatic N) is 1. The van der Waals surface area contributed by atoms with Gasteiger partial charge in [0, 0.05) is 11.3 Å². The lowest BCUT2D eigenvalue weighted by Crippen LogP contribution is -2.17. The highest BCUT2D eigenvalue weighted by molar-refractivity contribution is 5.95. The summed E-state index contributed by atoms with van der Waals surface area (Å²) >= 11 is 0. The van der Waals surface area contributed by atoms with Crippen molar-refractivity contribution in [2.24, 2.45) is 5.10 Å². The Morgan fingerprint density at radius 1 is 1.11 bits per heavy atom. The molecule has 19 heavy (non-hydrogen) atoms.